The number of carbonyl (C=O) groups excluding carboxylic acids is 4. The molecule has 1 aliphatic heterocycles. The van der Waals surface area contributed by atoms with Gasteiger partial charge in [0.15, 0.2) is 23.7 Å². The molecule has 1 heterocycles. The molecule has 0 unspecified atom stereocenters. The highest BCUT2D eigenvalue weighted by Gasteiger charge is 2.53. The summed E-state index contributed by atoms with van der Waals surface area (Å²) in [5.74, 6) is -4.18. The molecule has 1 N–H and O–H groups in total. The van der Waals surface area contributed by atoms with E-state index in [-0.39, 0.29) is 22.8 Å². The maximum absolute atomic E-state index is 12.2. The number of aliphatic carboxylic acids is 1. The van der Waals surface area contributed by atoms with Gasteiger partial charge in [-0.1, -0.05) is 30.3 Å². The lowest BCUT2D eigenvalue weighted by Gasteiger charge is -2.44. The first-order valence-corrected chi connectivity index (χ1v) is 13.6. The molecule has 0 bridgehead atoms. The van der Waals surface area contributed by atoms with Crippen LogP contribution in [0.15, 0.2) is 42.5 Å². The van der Waals surface area contributed by atoms with Crippen LogP contribution in [-0.2, 0) is 47.7 Å². The van der Waals surface area contributed by atoms with E-state index in [4.69, 9.17) is 37.9 Å². The first kappa shape index (κ1) is 34.4. The third-order valence-corrected chi connectivity index (χ3v) is 6.29. The van der Waals surface area contributed by atoms with Gasteiger partial charge in [0.1, 0.15) is 12.7 Å². The van der Waals surface area contributed by atoms with E-state index in [1.807, 2.05) is 0 Å². The quantitative estimate of drug-likeness (QED) is 0.157. The molecule has 14 heteroatoms. The Morgan fingerprint density at radius 3 is 1.80 bits per heavy atom. The van der Waals surface area contributed by atoms with Crippen molar-refractivity contribution < 1.29 is 67.0 Å². The van der Waals surface area contributed by atoms with E-state index >= 15 is 0 Å². The molecule has 0 radical (unpaired) electrons. The van der Waals surface area contributed by atoms with Gasteiger partial charge >= 0.3 is 29.8 Å². The van der Waals surface area contributed by atoms with Crippen LogP contribution in [0.4, 0.5) is 0 Å². The Balaban J connectivity index is 2.12. The molecule has 1 saturated heterocycles. The Morgan fingerprint density at radius 1 is 0.778 bits per heavy atom. The highest BCUT2D eigenvalue weighted by atomic mass is 16.7. The second-order valence-electron chi connectivity index (χ2n) is 9.67. The van der Waals surface area contributed by atoms with E-state index in [1.165, 1.54) is 32.4 Å². The zero-order chi connectivity index (χ0) is 33.3. The highest BCUT2D eigenvalue weighted by molar-refractivity contribution is 6.20. The Kier molecular flexibility index (Phi) is 11.9. The molecule has 3 rings (SSSR count). The van der Waals surface area contributed by atoms with Crippen LogP contribution in [0.2, 0.25) is 0 Å². The minimum Gasteiger partial charge on any atom is -0.493 e. The molecule has 0 amide bonds. The van der Waals surface area contributed by atoms with Crippen LogP contribution < -0.4 is 14.2 Å². The van der Waals surface area contributed by atoms with E-state index in [9.17, 15) is 29.1 Å². The maximum Gasteiger partial charge on any atom is 0.336 e. The molecule has 2 aromatic rings. The Hall–Kier alpha value is -5.11. The van der Waals surface area contributed by atoms with Crippen LogP contribution in [0.1, 0.15) is 38.8 Å². The number of benzene rings is 2. The Morgan fingerprint density at radius 2 is 1.31 bits per heavy atom. The van der Waals surface area contributed by atoms with E-state index in [0.717, 1.165) is 27.7 Å². The van der Waals surface area contributed by atoms with Crippen molar-refractivity contribution in [2.75, 3.05) is 20.8 Å². The number of hydrogen-bond acceptors (Lipinski definition) is 13. The summed E-state index contributed by atoms with van der Waals surface area (Å²) in [6, 6.07) is 11.4. The minimum atomic E-state index is -1.56. The molecule has 0 saturated carbocycles. The summed E-state index contributed by atoms with van der Waals surface area (Å²) >= 11 is 0. The van der Waals surface area contributed by atoms with Crippen molar-refractivity contribution in [3.63, 3.8) is 0 Å². The van der Waals surface area contributed by atoms with Gasteiger partial charge in [0.2, 0.25) is 18.1 Å². The third kappa shape index (κ3) is 9.19. The lowest BCUT2D eigenvalue weighted by atomic mass is 9.98. The second kappa shape index (κ2) is 15.6. The van der Waals surface area contributed by atoms with Crippen LogP contribution in [0.5, 0.6) is 17.2 Å². The van der Waals surface area contributed by atoms with Crippen LogP contribution in [-0.4, -0.2) is 86.5 Å². The fraction of sp³-hybridized carbons (Fsp3) is 0.387. The summed E-state index contributed by atoms with van der Waals surface area (Å²) in [5.41, 5.74) is 0.826. The number of rotatable bonds is 12. The summed E-state index contributed by atoms with van der Waals surface area (Å²) in [5, 5.41) is 9.87. The van der Waals surface area contributed by atoms with Crippen LogP contribution in [0.25, 0.3) is 11.6 Å². The molecule has 0 aromatic heterocycles. The molecule has 0 spiro atoms. The summed E-state index contributed by atoms with van der Waals surface area (Å²) < 4.78 is 44.6. The van der Waals surface area contributed by atoms with Crippen molar-refractivity contribution in [2.45, 2.75) is 58.4 Å². The van der Waals surface area contributed by atoms with Crippen molar-refractivity contribution >= 4 is 41.5 Å². The molecule has 242 valence electrons. The van der Waals surface area contributed by atoms with E-state index in [0.29, 0.717) is 11.1 Å². The lowest BCUT2D eigenvalue weighted by Crippen LogP contribution is -2.63. The number of methoxy groups -OCH3 is 2. The highest BCUT2D eigenvalue weighted by Crippen LogP contribution is 2.42. The summed E-state index contributed by atoms with van der Waals surface area (Å²) in [6.45, 7) is 4.01. The van der Waals surface area contributed by atoms with Crippen LogP contribution in [0, 0.1) is 0 Å². The Bertz CT molecular complexity index is 1410. The molecule has 1 aliphatic rings. The van der Waals surface area contributed by atoms with Crippen molar-refractivity contribution in [3.05, 3.63) is 53.6 Å². The molecule has 0 aliphatic carbocycles. The van der Waals surface area contributed by atoms with Gasteiger partial charge in [0.05, 0.1) is 19.8 Å². The average molecular weight is 631 g/mol. The van der Waals surface area contributed by atoms with Crippen molar-refractivity contribution in [2.24, 2.45) is 0 Å². The van der Waals surface area contributed by atoms with Crippen LogP contribution in [0.3, 0.4) is 0 Å². The topological polar surface area (TPSA) is 179 Å². The van der Waals surface area contributed by atoms with Gasteiger partial charge < -0.3 is 43.0 Å². The SMILES string of the molecule is COc1cc(C=C(C(=O)O)c2ccccc2)cc(OC)c1O[C@@H]1O[C@H](COC(C)=O)[C@H](OC(C)=O)[C@H](OC(C)=O)[C@H]1OC(C)=O. The number of hydrogen-bond donors (Lipinski definition) is 1. The largest absolute Gasteiger partial charge is 0.493 e. The van der Waals surface area contributed by atoms with E-state index in [2.05, 4.69) is 0 Å². The molecular formula is C31H34O14. The second-order valence-corrected chi connectivity index (χ2v) is 9.67. The van der Waals surface area contributed by atoms with Crippen molar-refractivity contribution in [1.29, 1.82) is 0 Å². The van der Waals surface area contributed by atoms with E-state index in [1.54, 1.807) is 30.3 Å². The molecule has 45 heavy (non-hydrogen) atoms. The van der Waals surface area contributed by atoms with Crippen molar-refractivity contribution in [1.82, 2.24) is 0 Å². The summed E-state index contributed by atoms with van der Waals surface area (Å²) in [6.07, 6.45) is -5.73. The normalized spacial score (nSPS) is 21.1. The molecule has 2 aromatic carbocycles. The van der Waals surface area contributed by atoms with Gasteiger partial charge in [0.25, 0.3) is 0 Å². The number of esters is 4. The van der Waals surface area contributed by atoms with Crippen molar-refractivity contribution in [3.8, 4) is 17.2 Å². The number of carbonyl (C=O) groups is 5. The predicted octanol–water partition coefficient (Wildman–Crippen LogP) is 2.79. The monoisotopic (exact) mass is 630 g/mol. The molecular weight excluding hydrogens is 596 g/mol. The first-order valence-electron chi connectivity index (χ1n) is 13.6. The zero-order valence-electron chi connectivity index (χ0n) is 25.5. The Labute approximate surface area is 258 Å². The minimum absolute atomic E-state index is 0.00652. The summed E-state index contributed by atoms with van der Waals surface area (Å²) in [4.78, 5) is 60.0. The molecule has 1 fully saturated rings. The van der Waals surface area contributed by atoms with Gasteiger partial charge in [0, 0.05) is 27.7 Å². The standard InChI is InChI=1S/C31H34O14/c1-16(32)40-15-25-27(41-17(2)33)28(42-18(3)34)29(43-19(4)35)31(44-25)45-26-23(38-5)13-20(14-24(26)39-6)12-22(30(36)37)21-10-8-7-9-11-21/h7-14,25,27-29,31H,15H2,1-6H3,(H,36,37)/t25-,27+,28+,29-,31+/m1/s1. The van der Waals surface area contributed by atoms with Gasteiger partial charge in [-0.25, -0.2) is 4.79 Å². The third-order valence-electron chi connectivity index (χ3n) is 6.29. The lowest BCUT2D eigenvalue weighted by molar-refractivity contribution is -0.288. The smallest absolute Gasteiger partial charge is 0.336 e. The van der Waals surface area contributed by atoms with E-state index < -0.39 is 67.2 Å². The fourth-order valence-electron chi connectivity index (χ4n) is 4.55. The number of ether oxygens (including phenoxy) is 8. The number of carboxylic acid groups (broad SMARTS) is 1. The zero-order valence-corrected chi connectivity index (χ0v) is 25.5. The molecule has 14 nitrogen and oxygen atoms in total. The first-order chi connectivity index (χ1) is 21.3. The predicted molar refractivity (Wildman–Crippen MR) is 154 cm³/mol. The average Bonchev–Trinajstić information content (AvgIpc) is 2.97. The summed E-state index contributed by atoms with van der Waals surface area (Å²) in [7, 11) is 2.66. The van der Waals surface area contributed by atoms with Gasteiger partial charge in [-0.15, -0.1) is 0 Å². The van der Waals surface area contributed by atoms with Crippen LogP contribution >= 0.6 is 0 Å². The molecule has 5 atom stereocenters. The van der Waals surface area contributed by atoms with Gasteiger partial charge in [-0.05, 0) is 29.3 Å². The maximum atomic E-state index is 12.2. The number of carboxylic acids is 1. The fourth-order valence-corrected chi connectivity index (χ4v) is 4.55. The van der Waals surface area contributed by atoms with Gasteiger partial charge in [-0.2, -0.15) is 0 Å². The van der Waals surface area contributed by atoms with Gasteiger partial charge in [-0.3, -0.25) is 19.2 Å².